The van der Waals surface area contributed by atoms with Gasteiger partial charge in [0.25, 0.3) is 0 Å². The van der Waals surface area contributed by atoms with E-state index in [0.717, 1.165) is 28.6 Å². The van der Waals surface area contributed by atoms with Gasteiger partial charge in [-0.2, -0.15) is 0 Å². The van der Waals surface area contributed by atoms with Crippen LogP contribution in [0.15, 0.2) is 22.7 Å². The third kappa shape index (κ3) is 3.46. The summed E-state index contributed by atoms with van der Waals surface area (Å²) in [6.45, 7) is 4.37. The first-order valence-electron chi connectivity index (χ1n) is 6.32. The number of hydrogen-bond donors (Lipinski definition) is 1. The van der Waals surface area contributed by atoms with Crippen LogP contribution in [0.4, 0.5) is 0 Å². The number of aliphatic hydroxyl groups excluding tert-OH is 1. The molecule has 18 heavy (non-hydrogen) atoms. The van der Waals surface area contributed by atoms with Crippen molar-refractivity contribution >= 4 is 15.9 Å². The Labute approximate surface area is 116 Å². The molecule has 0 amide bonds. The second-order valence-corrected chi connectivity index (χ2v) is 5.73. The Hall–Kier alpha value is -0.580. The van der Waals surface area contributed by atoms with Crippen LogP contribution in [0.1, 0.15) is 38.4 Å². The number of halogens is 1. The van der Waals surface area contributed by atoms with Gasteiger partial charge in [0.2, 0.25) is 0 Å². The summed E-state index contributed by atoms with van der Waals surface area (Å²) in [6, 6.07) is 5.67. The molecule has 0 bridgehead atoms. The van der Waals surface area contributed by atoms with E-state index in [-0.39, 0.29) is 6.10 Å². The number of benzene rings is 1. The van der Waals surface area contributed by atoms with E-state index in [0.29, 0.717) is 12.7 Å². The van der Waals surface area contributed by atoms with Gasteiger partial charge < -0.3 is 14.6 Å². The van der Waals surface area contributed by atoms with Crippen LogP contribution in [0.5, 0.6) is 5.75 Å². The van der Waals surface area contributed by atoms with Gasteiger partial charge in [-0.3, -0.25) is 0 Å². The standard InChI is InChI=1S/C14H19BrO3/c1-9-3-5-12(18-9)8-17-14-7-11(15)4-6-13(14)10(2)16/h4,6-7,9-10,12,16H,3,5,8H2,1-2H3. The van der Waals surface area contributed by atoms with E-state index in [1.54, 1.807) is 6.92 Å². The molecule has 3 nitrogen and oxygen atoms in total. The Kier molecular flexibility index (Phi) is 4.65. The SMILES string of the molecule is CC1CCC(COc2cc(Br)ccc2C(C)O)O1. The van der Waals surface area contributed by atoms with Crippen LogP contribution in [0.25, 0.3) is 0 Å². The van der Waals surface area contributed by atoms with Crippen molar-refractivity contribution in [1.29, 1.82) is 0 Å². The molecule has 1 aromatic carbocycles. The molecule has 3 atom stereocenters. The van der Waals surface area contributed by atoms with Gasteiger partial charge in [0.1, 0.15) is 12.4 Å². The van der Waals surface area contributed by atoms with Gasteiger partial charge in [0.15, 0.2) is 0 Å². The highest BCUT2D eigenvalue weighted by molar-refractivity contribution is 9.10. The second kappa shape index (κ2) is 6.04. The lowest BCUT2D eigenvalue weighted by Gasteiger charge is -2.17. The third-order valence-corrected chi connectivity index (χ3v) is 3.66. The average Bonchev–Trinajstić information content (AvgIpc) is 2.72. The highest BCUT2D eigenvalue weighted by atomic mass is 79.9. The Balaban J connectivity index is 2.01. The maximum atomic E-state index is 9.70. The van der Waals surface area contributed by atoms with Crippen molar-refractivity contribution in [2.24, 2.45) is 0 Å². The Morgan fingerprint density at radius 1 is 1.50 bits per heavy atom. The van der Waals surface area contributed by atoms with Crippen LogP contribution in [-0.4, -0.2) is 23.9 Å². The maximum absolute atomic E-state index is 9.70. The number of ether oxygens (including phenoxy) is 2. The lowest BCUT2D eigenvalue weighted by molar-refractivity contribution is 0.0256. The van der Waals surface area contributed by atoms with Crippen LogP contribution >= 0.6 is 15.9 Å². The zero-order chi connectivity index (χ0) is 13.1. The van der Waals surface area contributed by atoms with E-state index >= 15 is 0 Å². The maximum Gasteiger partial charge on any atom is 0.126 e. The molecule has 1 aliphatic heterocycles. The highest BCUT2D eigenvalue weighted by Crippen LogP contribution is 2.29. The molecular weight excluding hydrogens is 296 g/mol. The van der Waals surface area contributed by atoms with Crippen molar-refractivity contribution in [3.63, 3.8) is 0 Å². The summed E-state index contributed by atoms with van der Waals surface area (Å²) in [5, 5.41) is 9.70. The largest absolute Gasteiger partial charge is 0.490 e. The van der Waals surface area contributed by atoms with Gasteiger partial charge in [-0.25, -0.2) is 0 Å². The predicted molar refractivity (Wildman–Crippen MR) is 73.8 cm³/mol. The topological polar surface area (TPSA) is 38.7 Å². The molecule has 0 radical (unpaired) electrons. The molecule has 1 heterocycles. The molecular formula is C14H19BrO3. The highest BCUT2D eigenvalue weighted by Gasteiger charge is 2.22. The second-order valence-electron chi connectivity index (χ2n) is 4.82. The summed E-state index contributed by atoms with van der Waals surface area (Å²) in [4.78, 5) is 0. The average molecular weight is 315 g/mol. The van der Waals surface area contributed by atoms with Crippen molar-refractivity contribution in [2.45, 2.75) is 45.0 Å². The van der Waals surface area contributed by atoms with Crippen molar-refractivity contribution in [3.8, 4) is 5.75 Å². The fourth-order valence-electron chi connectivity index (χ4n) is 2.17. The molecule has 1 saturated heterocycles. The monoisotopic (exact) mass is 314 g/mol. The molecule has 2 rings (SSSR count). The lowest BCUT2D eigenvalue weighted by Crippen LogP contribution is -2.18. The lowest BCUT2D eigenvalue weighted by atomic mass is 10.1. The smallest absolute Gasteiger partial charge is 0.126 e. The fourth-order valence-corrected chi connectivity index (χ4v) is 2.51. The van der Waals surface area contributed by atoms with Crippen LogP contribution in [0.3, 0.4) is 0 Å². The van der Waals surface area contributed by atoms with Gasteiger partial charge in [-0.05, 0) is 38.8 Å². The first-order valence-corrected chi connectivity index (χ1v) is 7.11. The number of rotatable bonds is 4. The van der Waals surface area contributed by atoms with E-state index in [4.69, 9.17) is 9.47 Å². The predicted octanol–water partition coefficient (Wildman–Crippen LogP) is 3.45. The molecule has 3 unspecified atom stereocenters. The van der Waals surface area contributed by atoms with Gasteiger partial charge in [-0.1, -0.05) is 22.0 Å². The summed E-state index contributed by atoms with van der Waals surface area (Å²) in [5.74, 6) is 0.725. The zero-order valence-corrected chi connectivity index (χ0v) is 12.3. The van der Waals surface area contributed by atoms with Gasteiger partial charge in [-0.15, -0.1) is 0 Å². The Morgan fingerprint density at radius 3 is 2.89 bits per heavy atom. The van der Waals surface area contributed by atoms with Crippen molar-refractivity contribution in [2.75, 3.05) is 6.61 Å². The summed E-state index contributed by atoms with van der Waals surface area (Å²) < 4.78 is 12.5. The van der Waals surface area contributed by atoms with E-state index in [1.165, 1.54) is 0 Å². The van der Waals surface area contributed by atoms with E-state index < -0.39 is 6.10 Å². The summed E-state index contributed by atoms with van der Waals surface area (Å²) in [7, 11) is 0. The Bertz CT molecular complexity index is 406. The van der Waals surface area contributed by atoms with E-state index in [1.807, 2.05) is 18.2 Å². The molecule has 1 fully saturated rings. The molecule has 4 heteroatoms. The first-order chi connectivity index (χ1) is 8.56. The number of hydrogen-bond acceptors (Lipinski definition) is 3. The molecule has 1 N–H and O–H groups in total. The third-order valence-electron chi connectivity index (χ3n) is 3.17. The van der Waals surface area contributed by atoms with Crippen molar-refractivity contribution in [1.82, 2.24) is 0 Å². The minimum Gasteiger partial charge on any atom is -0.490 e. The normalized spacial score (nSPS) is 25.1. The summed E-state index contributed by atoms with van der Waals surface area (Å²) in [5.41, 5.74) is 0.809. The zero-order valence-electron chi connectivity index (χ0n) is 10.7. The molecule has 100 valence electrons. The van der Waals surface area contributed by atoms with E-state index in [2.05, 4.69) is 22.9 Å². The minimum atomic E-state index is -0.531. The van der Waals surface area contributed by atoms with E-state index in [9.17, 15) is 5.11 Å². The summed E-state index contributed by atoms with van der Waals surface area (Å²) in [6.07, 6.45) is 2.10. The first kappa shape index (κ1) is 13.8. The summed E-state index contributed by atoms with van der Waals surface area (Å²) >= 11 is 3.42. The van der Waals surface area contributed by atoms with Crippen LogP contribution in [0.2, 0.25) is 0 Å². The molecule has 0 aromatic heterocycles. The van der Waals surface area contributed by atoms with Crippen LogP contribution in [-0.2, 0) is 4.74 Å². The fraction of sp³-hybridized carbons (Fsp3) is 0.571. The van der Waals surface area contributed by atoms with Gasteiger partial charge in [0, 0.05) is 10.0 Å². The van der Waals surface area contributed by atoms with Gasteiger partial charge >= 0.3 is 0 Å². The molecule has 0 aliphatic carbocycles. The van der Waals surface area contributed by atoms with Gasteiger partial charge in [0.05, 0.1) is 18.3 Å². The molecule has 0 spiro atoms. The van der Waals surface area contributed by atoms with Crippen LogP contribution < -0.4 is 4.74 Å². The molecule has 0 saturated carbocycles. The van der Waals surface area contributed by atoms with Crippen LogP contribution in [0, 0.1) is 0 Å². The van der Waals surface area contributed by atoms with Crippen molar-refractivity contribution < 1.29 is 14.6 Å². The number of aliphatic hydroxyl groups is 1. The molecule has 1 aromatic rings. The van der Waals surface area contributed by atoms with Crippen molar-refractivity contribution in [3.05, 3.63) is 28.2 Å². The molecule has 1 aliphatic rings. The minimum absolute atomic E-state index is 0.167. The quantitative estimate of drug-likeness (QED) is 0.925. The Morgan fingerprint density at radius 2 is 2.28 bits per heavy atom.